The predicted octanol–water partition coefficient (Wildman–Crippen LogP) is 3.99. The Bertz CT molecular complexity index is 1260. The first kappa shape index (κ1) is 26.8. The second kappa shape index (κ2) is 12.3. The van der Waals surface area contributed by atoms with Gasteiger partial charge in [-0.3, -0.25) is 4.79 Å². The van der Waals surface area contributed by atoms with Crippen LogP contribution in [0.25, 0.3) is 0 Å². The highest BCUT2D eigenvalue weighted by Gasteiger charge is 2.16. The van der Waals surface area contributed by atoms with Crippen molar-refractivity contribution in [2.45, 2.75) is 37.5 Å². The van der Waals surface area contributed by atoms with E-state index in [-0.39, 0.29) is 34.3 Å². The van der Waals surface area contributed by atoms with Gasteiger partial charge >= 0.3 is 0 Å². The number of hydrogen-bond acceptors (Lipinski definition) is 10. The largest absolute Gasteiger partial charge is 0.492 e. The molecule has 2 aromatic rings. The highest BCUT2D eigenvalue weighted by Crippen LogP contribution is 2.29. The molecule has 0 spiro atoms. The van der Waals surface area contributed by atoms with Gasteiger partial charge in [-0.15, -0.1) is 5.11 Å². The van der Waals surface area contributed by atoms with E-state index in [4.69, 9.17) is 18.9 Å². The quantitative estimate of drug-likeness (QED) is 0.349. The fraction of sp³-hybridized carbons (Fsp3) is 0.333. The van der Waals surface area contributed by atoms with Gasteiger partial charge < -0.3 is 18.9 Å². The van der Waals surface area contributed by atoms with Crippen LogP contribution < -0.4 is 14.9 Å². The number of rotatable bonds is 11. The Morgan fingerprint density at radius 2 is 2.00 bits per heavy atom. The van der Waals surface area contributed by atoms with Crippen LogP contribution >= 0.6 is 0 Å². The molecule has 0 aliphatic carbocycles. The molecule has 2 unspecified atom stereocenters. The first-order valence-corrected chi connectivity index (χ1v) is 13.0. The van der Waals surface area contributed by atoms with Gasteiger partial charge in [-0.1, -0.05) is 12.1 Å². The van der Waals surface area contributed by atoms with Crippen LogP contribution in [-0.2, 0) is 19.3 Å². The van der Waals surface area contributed by atoms with Crippen molar-refractivity contribution in [3.05, 3.63) is 66.2 Å². The van der Waals surface area contributed by atoms with Gasteiger partial charge in [0.15, 0.2) is 14.9 Å². The summed E-state index contributed by atoms with van der Waals surface area (Å²) < 4.78 is 45.6. The monoisotopic (exact) mass is 516 g/mol. The summed E-state index contributed by atoms with van der Waals surface area (Å²) in [6, 6.07) is 7.47. The van der Waals surface area contributed by atoms with E-state index in [0.29, 0.717) is 24.5 Å². The third-order valence-corrected chi connectivity index (χ3v) is 5.94. The van der Waals surface area contributed by atoms with Crippen LogP contribution in [0.15, 0.2) is 76.0 Å². The van der Waals surface area contributed by atoms with Crippen LogP contribution in [0.5, 0.6) is 17.2 Å². The number of nitrogens with zero attached hydrogens (tertiary/aromatic N) is 3. The Morgan fingerprint density at radius 3 is 2.64 bits per heavy atom. The zero-order valence-corrected chi connectivity index (χ0v) is 21.2. The lowest BCUT2D eigenvalue weighted by atomic mass is 10.2. The maximum absolute atomic E-state index is 12.8. The van der Waals surface area contributed by atoms with Gasteiger partial charge in [0.25, 0.3) is 5.91 Å². The molecule has 1 aliphatic rings. The minimum absolute atomic E-state index is 0.0778. The number of carbonyl (C=O) groups is 1. The SMILES string of the molecule is CCC(COC)Oc1cc(Oc2ccc(S(C)(=O)=O)nc2)cc(C(=O)NN=NC2=CC=COC2C)c1. The van der Waals surface area contributed by atoms with E-state index in [1.54, 1.807) is 37.7 Å². The Balaban J connectivity index is 1.83. The summed E-state index contributed by atoms with van der Waals surface area (Å²) in [6.07, 6.45) is 7.45. The van der Waals surface area contributed by atoms with E-state index in [9.17, 15) is 13.2 Å². The smallest absolute Gasteiger partial charge is 0.273 e. The number of pyridine rings is 1. The third kappa shape index (κ3) is 7.62. The molecular formula is C24H28N4O7S. The van der Waals surface area contributed by atoms with E-state index < -0.39 is 15.7 Å². The number of amides is 1. The van der Waals surface area contributed by atoms with Crippen LogP contribution in [0, 0.1) is 0 Å². The second-order valence-electron chi connectivity index (χ2n) is 7.84. The van der Waals surface area contributed by atoms with Gasteiger partial charge in [0.2, 0.25) is 0 Å². The maximum atomic E-state index is 12.8. The lowest BCUT2D eigenvalue weighted by Gasteiger charge is -2.18. The minimum Gasteiger partial charge on any atom is -0.492 e. The Morgan fingerprint density at radius 1 is 1.22 bits per heavy atom. The second-order valence-corrected chi connectivity index (χ2v) is 9.80. The molecule has 0 fully saturated rings. The number of carbonyl (C=O) groups excluding carboxylic acids is 1. The highest BCUT2D eigenvalue weighted by molar-refractivity contribution is 7.90. The van der Waals surface area contributed by atoms with E-state index in [0.717, 1.165) is 6.26 Å². The summed E-state index contributed by atoms with van der Waals surface area (Å²) in [5.74, 6) is 0.389. The van der Waals surface area contributed by atoms with Crippen LogP contribution in [-0.4, -0.2) is 51.5 Å². The molecule has 2 heterocycles. The molecule has 1 aliphatic heterocycles. The molecule has 0 saturated carbocycles. The molecule has 11 nitrogen and oxygen atoms in total. The molecule has 1 amide bonds. The number of benzene rings is 1. The van der Waals surface area contributed by atoms with Gasteiger partial charge in [-0.05, 0) is 49.8 Å². The average molecular weight is 517 g/mol. The van der Waals surface area contributed by atoms with Crippen molar-refractivity contribution in [3.8, 4) is 17.2 Å². The van der Waals surface area contributed by atoms with Gasteiger partial charge in [0, 0.05) is 25.0 Å². The summed E-state index contributed by atoms with van der Waals surface area (Å²) in [4.78, 5) is 16.7. The summed E-state index contributed by atoms with van der Waals surface area (Å²) in [6.45, 7) is 4.12. The van der Waals surface area contributed by atoms with Gasteiger partial charge in [-0.2, -0.15) is 0 Å². The van der Waals surface area contributed by atoms with Crippen molar-refractivity contribution in [2.24, 2.45) is 10.3 Å². The lowest BCUT2D eigenvalue weighted by molar-refractivity contribution is 0.0784. The number of methoxy groups -OCH3 is 1. The van der Waals surface area contributed by atoms with Crippen molar-refractivity contribution >= 4 is 15.7 Å². The minimum atomic E-state index is -3.45. The fourth-order valence-corrected chi connectivity index (χ4v) is 3.60. The molecule has 0 bridgehead atoms. The Kier molecular flexibility index (Phi) is 9.14. The van der Waals surface area contributed by atoms with Gasteiger partial charge in [-0.25, -0.2) is 18.8 Å². The molecule has 12 heteroatoms. The van der Waals surface area contributed by atoms with Crippen molar-refractivity contribution in [2.75, 3.05) is 20.0 Å². The summed E-state index contributed by atoms with van der Waals surface area (Å²) in [5.41, 5.74) is 3.14. The molecule has 1 aromatic carbocycles. The van der Waals surface area contributed by atoms with E-state index in [1.807, 2.05) is 13.8 Å². The normalized spacial score (nSPS) is 16.2. The first-order valence-electron chi connectivity index (χ1n) is 11.1. The highest BCUT2D eigenvalue weighted by atomic mass is 32.2. The number of ether oxygens (including phenoxy) is 4. The molecule has 0 radical (unpaired) electrons. The number of sulfone groups is 1. The number of aromatic nitrogens is 1. The standard InChI is InChI=1S/C24H28N4O7S/c1-5-18(15-32-3)34-20-11-17(24(29)27-28-26-22-7-6-10-33-16(22)2)12-21(13-20)35-19-8-9-23(25-14-19)36(4,30)31/h6-14,16,18H,5,15H2,1-4H3,(H,26,27,29). The fourth-order valence-electron chi connectivity index (χ4n) is 3.04. The molecule has 1 aromatic heterocycles. The van der Waals surface area contributed by atoms with E-state index in [2.05, 4.69) is 20.7 Å². The topological polar surface area (TPSA) is 138 Å². The Hall–Kier alpha value is -3.77. The van der Waals surface area contributed by atoms with Crippen LogP contribution in [0.4, 0.5) is 0 Å². The number of nitrogens with one attached hydrogen (secondary N) is 1. The predicted molar refractivity (Wildman–Crippen MR) is 131 cm³/mol. The molecule has 1 N–H and O–H groups in total. The average Bonchev–Trinajstić information content (AvgIpc) is 2.84. The van der Waals surface area contributed by atoms with Crippen molar-refractivity contribution in [3.63, 3.8) is 0 Å². The molecule has 0 saturated heterocycles. The third-order valence-electron chi connectivity index (χ3n) is 4.94. The lowest BCUT2D eigenvalue weighted by Crippen LogP contribution is -2.22. The van der Waals surface area contributed by atoms with Crippen molar-refractivity contribution < 1.29 is 32.2 Å². The van der Waals surface area contributed by atoms with E-state index in [1.165, 1.54) is 24.4 Å². The maximum Gasteiger partial charge on any atom is 0.273 e. The number of allylic oxidation sites excluding steroid dienone is 2. The van der Waals surface area contributed by atoms with Crippen molar-refractivity contribution in [1.82, 2.24) is 10.4 Å². The first-order chi connectivity index (χ1) is 17.2. The van der Waals surface area contributed by atoms with Crippen LogP contribution in [0.3, 0.4) is 0 Å². The molecule has 192 valence electrons. The van der Waals surface area contributed by atoms with E-state index >= 15 is 0 Å². The molecule has 2 atom stereocenters. The van der Waals surface area contributed by atoms with Crippen LogP contribution in [0.1, 0.15) is 30.6 Å². The zero-order valence-electron chi connectivity index (χ0n) is 20.4. The van der Waals surface area contributed by atoms with Crippen molar-refractivity contribution in [1.29, 1.82) is 0 Å². The Labute approximate surface area is 209 Å². The number of hydrogen-bond donors (Lipinski definition) is 1. The molecule has 3 rings (SSSR count). The van der Waals surface area contributed by atoms with Gasteiger partial charge in [0.1, 0.15) is 35.2 Å². The summed E-state index contributed by atoms with van der Waals surface area (Å²) in [5, 5.41) is 7.70. The zero-order chi connectivity index (χ0) is 26.1. The summed E-state index contributed by atoms with van der Waals surface area (Å²) in [7, 11) is -1.87. The summed E-state index contributed by atoms with van der Waals surface area (Å²) >= 11 is 0. The molecular weight excluding hydrogens is 488 g/mol. The van der Waals surface area contributed by atoms with Gasteiger partial charge in [0.05, 0.1) is 19.1 Å². The van der Waals surface area contributed by atoms with Crippen LogP contribution in [0.2, 0.25) is 0 Å². The molecule has 36 heavy (non-hydrogen) atoms.